The molecule has 1 aromatic rings. The van der Waals surface area contributed by atoms with Gasteiger partial charge in [-0.2, -0.15) is 0 Å². The first-order chi connectivity index (χ1) is 9.31. The van der Waals surface area contributed by atoms with Gasteiger partial charge in [0.05, 0.1) is 6.61 Å². The van der Waals surface area contributed by atoms with Crippen molar-refractivity contribution in [3.05, 3.63) is 29.8 Å². The van der Waals surface area contributed by atoms with E-state index in [1.165, 1.54) is 5.56 Å². The van der Waals surface area contributed by atoms with Gasteiger partial charge in [-0.05, 0) is 50.9 Å². The molecule has 0 saturated heterocycles. The van der Waals surface area contributed by atoms with Crippen molar-refractivity contribution in [1.29, 1.82) is 0 Å². The van der Waals surface area contributed by atoms with E-state index in [4.69, 9.17) is 9.47 Å². The molecule has 108 valence electrons. The maximum Gasteiger partial charge on any atom is 0.119 e. The summed E-state index contributed by atoms with van der Waals surface area (Å²) in [4.78, 5) is 0. The molecule has 0 saturated carbocycles. The van der Waals surface area contributed by atoms with Crippen molar-refractivity contribution in [3.63, 3.8) is 0 Å². The highest BCUT2D eigenvalue weighted by Gasteiger charge is 2.09. The Bertz CT molecular complexity index is 324. The lowest BCUT2D eigenvalue weighted by atomic mass is 10.0. The summed E-state index contributed by atoms with van der Waals surface area (Å²) in [5.74, 6) is 0.941. The third-order valence-corrected chi connectivity index (χ3v) is 3.03. The Kier molecular flexibility index (Phi) is 8.26. The standard InChI is InChI=1S/C16H27NO2/c1-4-17-16(8-7-13-18-5-2)14-9-11-15(12-10-14)19-6-3/h9-12,16-17H,4-8,13H2,1-3H3. The molecule has 1 N–H and O–H groups in total. The molecule has 0 aliphatic heterocycles. The summed E-state index contributed by atoms with van der Waals surface area (Å²) in [5, 5.41) is 3.53. The van der Waals surface area contributed by atoms with Crippen LogP contribution in [0.4, 0.5) is 0 Å². The predicted molar refractivity (Wildman–Crippen MR) is 79.8 cm³/mol. The second-order valence-corrected chi connectivity index (χ2v) is 4.45. The van der Waals surface area contributed by atoms with E-state index in [0.717, 1.165) is 38.3 Å². The normalized spacial score (nSPS) is 12.4. The van der Waals surface area contributed by atoms with Gasteiger partial charge >= 0.3 is 0 Å². The Morgan fingerprint density at radius 1 is 1.05 bits per heavy atom. The highest BCUT2D eigenvalue weighted by atomic mass is 16.5. The van der Waals surface area contributed by atoms with Gasteiger partial charge in [-0.3, -0.25) is 0 Å². The molecule has 0 radical (unpaired) electrons. The predicted octanol–water partition coefficient (Wildman–Crippen LogP) is 3.55. The quantitative estimate of drug-likeness (QED) is 0.656. The van der Waals surface area contributed by atoms with Crippen LogP contribution in [0.3, 0.4) is 0 Å². The van der Waals surface area contributed by atoms with Crippen molar-refractivity contribution in [3.8, 4) is 5.75 Å². The van der Waals surface area contributed by atoms with Crippen LogP contribution >= 0.6 is 0 Å². The van der Waals surface area contributed by atoms with Crippen LogP contribution in [0.5, 0.6) is 5.75 Å². The molecule has 1 aromatic carbocycles. The fraction of sp³-hybridized carbons (Fsp3) is 0.625. The zero-order chi connectivity index (χ0) is 13.9. The lowest BCUT2D eigenvalue weighted by molar-refractivity contribution is 0.141. The van der Waals surface area contributed by atoms with Gasteiger partial charge in [-0.1, -0.05) is 19.1 Å². The Morgan fingerprint density at radius 3 is 2.37 bits per heavy atom. The van der Waals surface area contributed by atoms with Gasteiger partial charge in [0.25, 0.3) is 0 Å². The molecule has 0 heterocycles. The Balaban J connectivity index is 2.53. The van der Waals surface area contributed by atoms with Crippen molar-refractivity contribution in [2.75, 3.05) is 26.4 Å². The van der Waals surface area contributed by atoms with Crippen LogP contribution in [-0.2, 0) is 4.74 Å². The van der Waals surface area contributed by atoms with E-state index in [1.807, 2.05) is 26.0 Å². The molecule has 1 unspecified atom stereocenters. The summed E-state index contributed by atoms with van der Waals surface area (Å²) in [6.07, 6.45) is 2.18. The highest BCUT2D eigenvalue weighted by Crippen LogP contribution is 2.21. The molecule has 19 heavy (non-hydrogen) atoms. The molecule has 0 amide bonds. The minimum Gasteiger partial charge on any atom is -0.494 e. The molecule has 0 aliphatic rings. The lowest BCUT2D eigenvalue weighted by Crippen LogP contribution is -2.21. The van der Waals surface area contributed by atoms with Gasteiger partial charge < -0.3 is 14.8 Å². The number of rotatable bonds is 10. The van der Waals surface area contributed by atoms with Gasteiger partial charge in [0.1, 0.15) is 5.75 Å². The van der Waals surface area contributed by atoms with E-state index in [9.17, 15) is 0 Å². The molecule has 3 nitrogen and oxygen atoms in total. The second kappa shape index (κ2) is 9.82. The summed E-state index contributed by atoms with van der Waals surface area (Å²) in [5.41, 5.74) is 1.32. The van der Waals surface area contributed by atoms with Crippen molar-refractivity contribution in [2.45, 2.75) is 39.7 Å². The number of ether oxygens (including phenoxy) is 2. The van der Waals surface area contributed by atoms with Crippen LogP contribution in [-0.4, -0.2) is 26.4 Å². The van der Waals surface area contributed by atoms with E-state index < -0.39 is 0 Å². The molecule has 1 atom stereocenters. The molecular weight excluding hydrogens is 238 g/mol. The maximum absolute atomic E-state index is 5.47. The molecule has 3 heteroatoms. The highest BCUT2D eigenvalue weighted by molar-refractivity contribution is 5.29. The Labute approximate surface area is 117 Å². The van der Waals surface area contributed by atoms with Crippen LogP contribution in [0.25, 0.3) is 0 Å². The topological polar surface area (TPSA) is 30.5 Å². The number of hydrogen-bond acceptors (Lipinski definition) is 3. The van der Waals surface area contributed by atoms with Crippen LogP contribution < -0.4 is 10.1 Å². The van der Waals surface area contributed by atoms with Crippen molar-refractivity contribution >= 4 is 0 Å². The van der Waals surface area contributed by atoms with E-state index in [-0.39, 0.29) is 0 Å². The first-order valence-corrected chi connectivity index (χ1v) is 7.35. The number of nitrogens with one attached hydrogen (secondary N) is 1. The van der Waals surface area contributed by atoms with Crippen molar-refractivity contribution in [1.82, 2.24) is 5.32 Å². The monoisotopic (exact) mass is 265 g/mol. The van der Waals surface area contributed by atoms with Gasteiger partial charge in [-0.25, -0.2) is 0 Å². The van der Waals surface area contributed by atoms with Crippen LogP contribution in [0.15, 0.2) is 24.3 Å². The summed E-state index contributed by atoms with van der Waals surface area (Å²) in [7, 11) is 0. The maximum atomic E-state index is 5.47. The first-order valence-electron chi connectivity index (χ1n) is 7.35. The van der Waals surface area contributed by atoms with Crippen LogP contribution in [0, 0.1) is 0 Å². The molecule has 0 spiro atoms. The van der Waals surface area contributed by atoms with E-state index in [2.05, 4.69) is 24.4 Å². The first kappa shape index (κ1) is 16.0. The summed E-state index contributed by atoms with van der Waals surface area (Å²) < 4.78 is 10.9. The third-order valence-electron chi connectivity index (χ3n) is 3.03. The molecule has 0 aliphatic carbocycles. The average molecular weight is 265 g/mol. The average Bonchev–Trinajstić information content (AvgIpc) is 2.44. The Morgan fingerprint density at radius 2 is 1.79 bits per heavy atom. The van der Waals surface area contributed by atoms with Crippen molar-refractivity contribution < 1.29 is 9.47 Å². The van der Waals surface area contributed by atoms with E-state index in [1.54, 1.807) is 0 Å². The van der Waals surface area contributed by atoms with Gasteiger partial charge in [0, 0.05) is 19.3 Å². The molecular formula is C16H27NO2. The number of hydrogen-bond donors (Lipinski definition) is 1. The largest absolute Gasteiger partial charge is 0.494 e. The smallest absolute Gasteiger partial charge is 0.119 e. The third kappa shape index (κ3) is 6.08. The fourth-order valence-electron chi connectivity index (χ4n) is 2.13. The Hall–Kier alpha value is -1.06. The summed E-state index contributed by atoms with van der Waals surface area (Å²) >= 11 is 0. The van der Waals surface area contributed by atoms with E-state index in [0.29, 0.717) is 12.6 Å². The van der Waals surface area contributed by atoms with Crippen LogP contribution in [0.2, 0.25) is 0 Å². The summed E-state index contributed by atoms with van der Waals surface area (Å²) in [6, 6.07) is 8.80. The fourth-order valence-corrected chi connectivity index (χ4v) is 2.13. The second-order valence-electron chi connectivity index (χ2n) is 4.45. The molecule has 0 aromatic heterocycles. The SMILES string of the molecule is CCNC(CCCOCC)c1ccc(OCC)cc1. The van der Waals surface area contributed by atoms with Crippen molar-refractivity contribution in [2.24, 2.45) is 0 Å². The number of benzene rings is 1. The van der Waals surface area contributed by atoms with Gasteiger partial charge in [-0.15, -0.1) is 0 Å². The molecule has 1 rings (SSSR count). The zero-order valence-corrected chi connectivity index (χ0v) is 12.4. The minimum absolute atomic E-state index is 0.404. The molecule has 0 bridgehead atoms. The minimum atomic E-state index is 0.404. The lowest BCUT2D eigenvalue weighted by Gasteiger charge is -2.18. The van der Waals surface area contributed by atoms with Gasteiger partial charge in [0.15, 0.2) is 0 Å². The zero-order valence-electron chi connectivity index (χ0n) is 12.4. The summed E-state index contributed by atoms with van der Waals surface area (Å²) in [6.45, 7) is 9.52. The van der Waals surface area contributed by atoms with E-state index >= 15 is 0 Å². The van der Waals surface area contributed by atoms with Gasteiger partial charge in [0.2, 0.25) is 0 Å². The molecule has 0 fully saturated rings. The van der Waals surface area contributed by atoms with Crippen LogP contribution in [0.1, 0.15) is 45.2 Å².